The van der Waals surface area contributed by atoms with Crippen molar-refractivity contribution in [3.8, 4) is 0 Å². The van der Waals surface area contributed by atoms with Crippen molar-refractivity contribution in [3.63, 3.8) is 0 Å². The second kappa shape index (κ2) is 5.60. The number of hydrogen-bond donors (Lipinski definition) is 3. The maximum atomic E-state index is 12.8. The van der Waals surface area contributed by atoms with Gasteiger partial charge in [-0.2, -0.15) is 13.2 Å². The molecule has 0 radical (unpaired) electrons. The fraction of sp³-hybridized carbons (Fsp3) is 0.333. The van der Waals surface area contributed by atoms with Gasteiger partial charge in [0.25, 0.3) is 0 Å². The van der Waals surface area contributed by atoms with Crippen LogP contribution in [0.5, 0.6) is 0 Å². The Bertz CT molecular complexity index is 619. The van der Waals surface area contributed by atoms with Gasteiger partial charge in [-0.15, -0.1) is 0 Å². The topological polar surface area (TPSA) is 89.0 Å². The van der Waals surface area contributed by atoms with Gasteiger partial charge in [0, 0.05) is 12.1 Å². The lowest BCUT2D eigenvalue weighted by molar-refractivity contribution is -0.137. The first-order valence-corrected chi connectivity index (χ1v) is 6.02. The fourth-order valence-electron chi connectivity index (χ4n) is 1.79. The molecule has 0 amide bonds. The Hall–Kier alpha value is -2.29. The second-order valence-electron chi connectivity index (χ2n) is 4.42. The monoisotopic (exact) mass is 301 g/mol. The van der Waals surface area contributed by atoms with Gasteiger partial charge >= 0.3 is 6.18 Å². The number of nitrogens with two attached hydrogens (primary N) is 1. The summed E-state index contributed by atoms with van der Waals surface area (Å²) in [4.78, 5) is 3.93. The molecule has 114 valence electrons. The number of nitrogens with one attached hydrogen (secondary N) is 2. The summed E-state index contributed by atoms with van der Waals surface area (Å²) >= 11 is 0. The molecular formula is C12H14F3N5O. The summed E-state index contributed by atoms with van der Waals surface area (Å²) in [6.45, 7) is 3.73. The summed E-state index contributed by atoms with van der Waals surface area (Å²) in [6.07, 6.45) is -4.48. The van der Waals surface area contributed by atoms with Crippen LogP contribution < -0.4 is 16.6 Å². The highest BCUT2D eigenvalue weighted by atomic mass is 19.4. The molecule has 0 aliphatic heterocycles. The first kappa shape index (κ1) is 15.1. The molecule has 6 nitrogen and oxygen atoms in total. The lowest BCUT2D eigenvalue weighted by atomic mass is 10.2. The summed E-state index contributed by atoms with van der Waals surface area (Å²) in [5.74, 6) is 5.71. The predicted octanol–water partition coefficient (Wildman–Crippen LogP) is 2.60. The van der Waals surface area contributed by atoms with Crippen LogP contribution in [0.1, 0.15) is 22.6 Å². The van der Waals surface area contributed by atoms with Gasteiger partial charge in [-0.1, -0.05) is 5.16 Å². The van der Waals surface area contributed by atoms with E-state index in [4.69, 9.17) is 10.4 Å². The average Bonchev–Trinajstić information content (AvgIpc) is 2.74. The number of alkyl halides is 3. The first-order valence-electron chi connectivity index (χ1n) is 6.02. The van der Waals surface area contributed by atoms with E-state index in [-0.39, 0.29) is 18.2 Å². The van der Waals surface area contributed by atoms with Gasteiger partial charge in [0.05, 0.1) is 11.3 Å². The molecule has 2 heterocycles. The number of aryl methyl sites for hydroxylation is 2. The van der Waals surface area contributed by atoms with E-state index in [1.165, 1.54) is 0 Å². The summed E-state index contributed by atoms with van der Waals surface area (Å²) in [5.41, 5.74) is 2.72. The third-order valence-corrected chi connectivity index (χ3v) is 2.93. The average molecular weight is 301 g/mol. The minimum atomic E-state index is -4.48. The zero-order valence-electron chi connectivity index (χ0n) is 11.4. The molecule has 21 heavy (non-hydrogen) atoms. The molecule has 0 atom stereocenters. The van der Waals surface area contributed by atoms with Crippen LogP contribution in [0.2, 0.25) is 0 Å². The van der Waals surface area contributed by atoms with Crippen LogP contribution in [0.15, 0.2) is 16.7 Å². The van der Waals surface area contributed by atoms with Gasteiger partial charge in [-0.25, -0.2) is 10.8 Å². The van der Waals surface area contributed by atoms with Crippen LogP contribution in [-0.4, -0.2) is 10.1 Å². The molecule has 0 unspecified atom stereocenters. The van der Waals surface area contributed by atoms with Gasteiger partial charge in [0.15, 0.2) is 0 Å². The third kappa shape index (κ3) is 3.43. The number of hydrogen-bond acceptors (Lipinski definition) is 6. The van der Waals surface area contributed by atoms with Crippen LogP contribution in [0, 0.1) is 13.8 Å². The molecule has 2 rings (SSSR count). The number of anilines is 2. The molecule has 0 saturated heterocycles. The van der Waals surface area contributed by atoms with Gasteiger partial charge in [-0.05, 0) is 26.0 Å². The zero-order valence-corrected chi connectivity index (χ0v) is 11.4. The second-order valence-corrected chi connectivity index (χ2v) is 4.42. The van der Waals surface area contributed by atoms with Crippen LogP contribution in [0.25, 0.3) is 0 Å². The molecule has 9 heteroatoms. The Labute approximate surface area is 118 Å². The highest BCUT2D eigenvalue weighted by Gasteiger charge is 2.31. The van der Waals surface area contributed by atoms with Crippen molar-refractivity contribution in [1.29, 1.82) is 0 Å². The van der Waals surface area contributed by atoms with Crippen LogP contribution in [0.3, 0.4) is 0 Å². The van der Waals surface area contributed by atoms with Gasteiger partial charge < -0.3 is 15.3 Å². The molecule has 0 fully saturated rings. The lowest BCUT2D eigenvalue weighted by Gasteiger charge is -2.12. The number of nitrogen functional groups attached to an aromatic ring is 1. The lowest BCUT2D eigenvalue weighted by Crippen LogP contribution is -2.14. The maximum Gasteiger partial charge on any atom is 0.416 e. The highest BCUT2D eigenvalue weighted by Crippen LogP contribution is 2.32. The molecule has 4 N–H and O–H groups in total. The summed E-state index contributed by atoms with van der Waals surface area (Å²) < 4.78 is 43.3. The predicted molar refractivity (Wildman–Crippen MR) is 70.4 cm³/mol. The quantitative estimate of drug-likeness (QED) is 0.594. The molecule has 0 bridgehead atoms. The number of halogens is 3. The summed E-state index contributed by atoms with van der Waals surface area (Å²) in [7, 11) is 0. The molecule has 0 aliphatic rings. The Morgan fingerprint density at radius 2 is 1.90 bits per heavy atom. The number of aromatic nitrogens is 2. The Morgan fingerprint density at radius 1 is 1.24 bits per heavy atom. The van der Waals surface area contributed by atoms with E-state index in [0.717, 1.165) is 17.7 Å². The smallest absolute Gasteiger partial charge is 0.366 e. The molecule has 2 aromatic heterocycles. The maximum absolute atomic E-state index is 12.8. The van der Waals surface area contributed by atoms with E-state index >= 15 is 0 Å². The standard InChI is InChI=1S/C12H14F3N5O/c1-6-9(7(2)21-20-6)5-17-10-3-8(12(13,14)15)4-11(18-10)19-16/h3-4H,5,16H2,1-2H3,(H2,17,18,19). The minimum Gasteiger partial charge on any atom is -0.366 e. The molecule has 0 spiro atoms. The molecule has 0 aliphatic carbocycles. The zero-order chi connectivity index (χ0) is 15.6. The van der Waals surface area contributed by atoms with Crippen molar-refractivity contribution < 1.29 is 17.7 Å². The number of nitrogens with zero attached hydrogens (tertiary/aromatic N) is 2. The van der Waals surface area contributed by atoms with Crippen LogP contribution in [-0.2, 0) is 12.7 Å². The highest BCUT2D eigenvalue weighted by molar-refractivity contribution is 5.49. The molecule has 0 saturated carbocycles. The van der Waals surface area contributed by atoms with Crippen LogP contribution >= 0.6 is 0 Å². The minimum absolute atomic E-state index is 0.0535. The Morgan fingerprint density at radius 3 is 2.43 bits per heavy atom. The Balaban J connectivity index is 2.24. The fourth-order valence-corrected chi connectivity index (χ4v) is 1.79. The van der Waals surface area contributed by atoms with Crippen molar-refractivity contribution >= 4 is 11.6 Å². The van der Waals surface area contributed by atoms with E-state index < -0.39 is 11.7 Å². The van der Waals surface area contributed by atoms with Gasteiger partial charge in [0.2, 0.25) is 0 Å². The summed E-state index contributed by atoms with van der Waals surface area (Å²) in [5, 5.41) is 6.58. The molecule has 2 aromatic rings. The molecule has 0 aromatic carbocycles. The van der Waals surface area contributed by atoms with Gasteiger partial charge in [-0.3, -0.25) is 0 Å². The van der Waals surface area contributed by atoms with E-state index in [2.05, 4.69) is 20.9 Å². The normalized spacial score (nSPS) is 11.5. The summed E-state index contributed by atoms with van der Waals surface area (Å²) in [6, 6.07) is 1.75. The first-order chi connectivity index (χ1) is 9.81. The largest absolute Gasteiger partial charge is 0.416 e. The van der Waals surface area contributed by atoms with E-state index in [1.54, 1.807) is 13.8 Å². The van der Waals surface area contributed by atoms with E-state index in [0.29, 0.717) is 11.5 Å². The SMILES string of the molecule is Cc1noc(C)c1CNc1cc(C(F)(F)F)cc(NN)n1. The Kier molecular flexibility index (Phi) is 4.03. The van der Waals surface area contributed by atoms with Crippen molar-refractivity contribution in [2.75, 3.05) is 10.7 Å². The number of rotatable bonds is 4. The van der Waals surface area contributed by atoms with Crippen molar-refractivity contribution in [3.05, 3.63) is 34.7 Å². The number of hydrazine groups is 1. The van der Waals surface area contributed by atoms with Gasteiger partial charge in [0.1, 0.15) is 17.4 Å². The molecular weight excluding hydrogens is 287 g/mol. The van der Waals surface area contributed by atoms with Crippen molar-refractivity contribution in [2.45, 2.75) is 26.6 Å². The van der Waals surface area contributed by atoms with E-state index in [9.17, 15) is 13.2 Å². The van der Waals surface area contributed by atoms with Crippen molar-refractivity contribution in [2.24, 2.45) is 5.84 Å². The van der Waals surface area contributed by atoms with Crippen molar-refractivity contribution in [1.82, 2.24) is 10.1 Å². The van der Waals surface area contributed by atoms with Crippen LogP contribution in [0.4, 0.5) is 24.8 Å². The third-order valence-electron chi connectivity index (χ3n) is 2.93. The number of pyridine rings is 1. The van der Waals surface area contributed by atoms with E-state index in [1.807, 2.05) is 0 Å².